The predicted molar refractivity (Wildman–Crippen MR) is 149 cm³/mol. The van der Waals surface area contributed by atoms with Gasteiger partial charge in [0.1, 0.15) is 16.5 Å². The molecule has 0 heterocycles. The zero-order valence-electron chi connectivity index (χ0n) is 23.8. The molecule has 248 valence electrons. The van der Waals surface area contributed by atoms with Gasteiger partial charge in [-0.05, 0) is 81.0 Å². The average molecular weight is 669 g/mol. The Labute approximate surface area is 253 Å². The summed E-state index contributed by atoms with van der Waals surface area (Å²) in [6, 6.07) is 1.40. The van der Waals surface area contributed by atoms with Crippen LogP contribution < -0.4 is 20.1 Å². The Morgan fingerprint density at radius 3 is 2.16 bits per heavy atom. The molecule has 2 aromatic carbocycles. The van der Waals surface area contributed by atoms with Gasteiger partial charge in [-0.15, -0.1) is 0 Å². The number of methoxy groups -OCH3 is 1. The number of carboxylic acid groups (broad SMARTS) is 1. The molecule has 0 radical (unpaired) electrons. The van der Waals surface area contributed by atoms with E-state index in [9.17, 15) is 47.7 Å². The first kappa shape index (κ1) is 32.7. The number of benzene rings is 2. The molecule has 2 aromatic rings. The molecule has 5 rings (SSSR count). The molecule has 16 heteroatoms. The Morgan fingerprint density at radius 1 is 0.867 bits per heavy atom. The number of carbonyl (C=O) groups is 3. The van der Waals surface area contributed by atoms with Gasteiger partial charge < -0.3 is 25.2 Å². The molecule has 0 aliphatic heterocycles. The Kier molecular flexibility index (Phi) is 7.98. The summed E-state index contributed by atoms with van der Waals surface area (Å²) in [5.74, 6) is -7.37. The molecule has 0 aromatic heterocycles. The highest BCUT2D eigenvalue weighted by atomic mass is 32.5. The number of carboxylic acids is 1. The van der Waals surface area contributed by atoms with Crippen LogP contribution in [-0.2, 0) is 9.59 Å². The van der Waals surface area contributed by atoms with Crippen LogP contribution in [0.15, 0.2) is 35.2 Å². The van der Waals surface area contributed by atoms with E-state index >= 15 is 0 Å². The van der Waals surface area contributed by atoms with Crippen molar-refractivity contribution in [3.63, 3.8) is 0 Å². The lowest BCUT2D eigenvalue weighted by Crippen LogP contribution is -2.48. The Morgan fingerprint density at radius 2 is 1.53 bits per heavy atom. The van der Waals surface area contributed by atoms with Gasteiger partial charge in [-0.25, -0.2) is 8.78 Å². The van der Waals surface area contributed by atoms with Gasteiger partial charge in [0.25, 0.3) is 5.91 Å². The molecule has 3 saturated carbocycles. The Balaban J connectivity index is 1.34. The van der Waals surface area contributed by atoms with E-state index in [2.05, 4.69) is 10.6 Å². The first-order valence-electron chi connectivity index (χ1n) is 14.3. The van der Waals surface area contributed by atoms with Crippen LogP contribution in [0.4, 0.5) is 33.9 Å². The lowest BCUT2D eigenvalue weighted by atomic mass is 9.83. The average Bonchev–Trinajstić information content (AvgIpc) is 3.54. The number of aliphatic carboxylic acids is 1. The first-order valence-corrected chi connectivity index (χ1v) is 16.2. The molecule has 4 atom stereocenters. The number of amides is 2. The van der Waals surface area contributed by atoms with E-state index in [4.69, 9.17) is 9.47 Å². The molecule has 2 amide bonds. The number of nitrogens with one attached hydrogen (secondary N) is 2. The number of carbonyl (C=O) groups excluding carboxylic acids is 2. The molecule has 3 fully saturated rings. The molecular formula is C29H31F7N2O6S. The minimum atomic E-state index is -10.2. The Bertz CT molecular complexity index is 1530. The number of halogens is 7. The maximum atomic E-state index is 14.9. The van der Waals surface area contributed by atoms with Gasteiger partial charge in [-0.2, -0.15) is 0 Å². The highest BCUT2D eigenvalue weighted by Crippen LogP contribution is 3.02. The molecule has 2 bridgehead atoms. The van der Waals surface area contributed by atoms with Gasteiger partial charge in [0.2, 0.25) is 5.91 Å². The minimum Gasteiger partial charge on any atom is -0.496 e. The third kappa shape index (κ3) is 7.10. The summed E-state index contributed by atoms with van der Waals surface area (Å²) in [7, 11) is -9.03. The van der Waals surface area contributed by atoms with Gasteiger partial charge in [-0.1, -0.05) is 19.4 Å². The molecule has 8 nitrogen and oxygen atoms in total. The number of hydrogen-bond donors (Lipinski definition) is 3. The van der Waals surface area contributed by atoms with Crippen LogP contribution in [0, 0.1) is 35.3 Å². The van der Waals surface area contributed by atoms with E-state index in [1.807, 2.05) is 0 Å². The highest BCUT2D eigenvalue weighted by Gasteiger charge is 2.65. The van der Waals surface area contributed by atoms with Gasteiger partial charge in [0.15, 0.2) is 11.6 Å². The zero-order valence-corrected chi connectivity index (χ0v) is 24.7. The van der Waals surface area contributed by atoms with Crippen LogP contribution in [0.3, 0.4) is 0 Å². The molecule has 0 spiro atoms. The summed E-state index contributed by atoms with van der Waals surface area (Å²) >= 11 is 0. The predicted octanol–water partition coefficient (Wildman–Crippen LogP) is 7.44. The van der Waals surface area contributed by atoms with Gasteiger partial charge >= 0.3 is 16.2 Å². The van der Waals surface area contributed by atoms with Crippen LogP contribution in [-0.4, -0.2) is 42.1 Å². The van der Waals surface area contributed by atoms with Crippen LogP contribution in [0.1, 0.15) is 55.3 Å². The molecule has 45 heavy (non-hydrogen) atoms. The van der Waals surface area contributed by atoms with Crippen molar-refractivity contribution < 1.29 is 57.2 Å². The summed E-state index contributed by atoms with van der Waals surface area (Å²) in [5, 5.41) is 14.1. The fourth-order valence-electron chi connectivity index (χ4n) is 6.77. The standard InChI is InChI=1S/C29H31F7N2O6S/c1-43-23-13-22(31)24(44-19-6-4-14(5-7-19)29(41)42)12-21(23)27(39)38-26-16-3-2-15(8-16)25(26)28(40)37-18-9-17(30)10-20(11-18)45(32,33,34,35)36/h9-16,19,25-26H,2-8H2,1H3,(H,37,40)(H,38,39)(H,41,42). The van der Waals surface area contributed by atoms with Crippen LogP contribution in [0.25, 0.3) is 0 Å². The maximum absolute atomic E-state index is 14.9. The molecular weight excluding hydrogens is 637 g/mol. The van der Waals surface area contributed by atoms with Gasteiger partial charge in [-0.3, -0.25) is 14.4 Å². The SMILES string of the molecule is COc1cc(F)c(OC2CCC(C(=O)O)CC2)cc1C(=O)NC1C2CCC(C2)C1C(=O)Nc1cc(F)cc(S(F)(F)(F)(F)F)c1. The van der Waals surface area contributed by atoms with Crippen LogP contribution >= 0.6 is 10.2 Å². The summed E-state index contributed by atoms with van der Waals surface area (Å²) in [4.78, 5) is 35.5. The number of fused-ring (bicyclic) bond motifs is 2. The third-order valence-corrected chi connectivity index (χ3v) is 10.0. The van der Waals surface area contributed by atoms with Crippen molar-refractivity contribution in [1.82, 2.24) is 5.32 Å². The largest absolute Gasteiger partial charge is 0.496 e. The van der Waals surface area contributed by atoms with Crippen molar-refractivity contribution in [2.75, 3.05) is 12.4 Å². The summed E-state index contributed by atoms with van der Waals surface area (Å²) in [6.45, 7) is 0. The minimum absolute atomic E-state index is 0.0254. The van der Waals surface area contributed by atoms with E-state index in [1.54, 1.807) is 0 Å². The van der Waals surface area contributed by atoms with Crippen molar-refractivity contribution in [3.8, 4) is 11.5 Å². The van der Waals surface area contributed by atoms with Crippen molar-refractivity contribution in [1.29, 1.82) is 0 Å². The number of hydrogen-bond acceptors (Lipinski definition) is 5. The second-order valence-electron chi connectivity index (χ2n) is 11.9. The molecule has 3 N–H and O–H groups in total. The number of anilines is 1. The first-order chi connectivity index (χ1) is 20.8. The third-order valence-electron chi connectivity index (χ3n) is 8.92. The number of ether oxygens (including phenoxy) is 2. The molecule has 3 aliphatic rings. The number of rotatable bonds is 9. The molecule has 4 unspecified atom stereocenters. The van der Waals surface area contributed by atoms with Gasteiger partial charge in [0, 0.05) is 17.8 Å². The monoisotopic (exact) mass is 668 g/mol. The smallest absolute Gasteiger partial charge is 0.310 e. The van der Waals surface area contributed by atoms with E-state index in [1.165, 1.54) is 7.11 Å². The zero-order chi connectivity index (χ0) is 33.0. The van der Waals surface area contributed by atoms with Crippen molar-refractivity contribution in [2.24, 2.45) is 23.7 Å². The van der Waals surface area contributed by atoms with Crippen molar-refractivity contribution >= 4 is 33.7 Å². The van der Waals surface area contributed by atoms with E-state index < -0.39 is 74.2 Å². The van der Waals surface area contributed by atoms with E-state index in [0.29, 0.717) is 51.0 Å². The lowest BCUT2D eigenvalue weighted by molar-refractivity contribution is -0.143. The lowest BCUT2D eigenvalue weighted by Gasteiger charge is -2.40. The van der Waals surface area contributed by atoms with Crippen LogP contribution in [0.5, 0.6) is 11.5 Å². The summed E-state index contributed by atoms with van der Waals surface area (Å²) < 4.78 is 106. The van der Waals surface area contributed by atoms with Crippen molar-refractivity contribution in [3.05, 3.63) is 47.5 Å². The molecule has 3 aliphatic carbocycles. The van der Waals surface area contributed by atoms with E-state index in [0.717, 1.165) is 12.1 Å². The van der Waals surface area contributed by atoms with Crippen LogP contribution in [0.2, 0.25) is 0 Å². The second kappa shape index (κ2) is 11.0. The summed E-state index contributed by atoms with van der Waals surface area (Å²) in [5.41, 5.74) is -0.934. The van der Waals surface area contributed by atoms with Crippen molar-refractivity contribution in [2.45, 2.75) is 62.0 Å². The fraction of sp³-hybridized carbons (Fsp3) is 0.483. The fourth-order valence-corrected chi connectivity index (χ4v) is 7.45. The quantitative estimate of drug-likeness (QED) is 0.240. The maximum Gasteiger partial charge on any atom is 0.310 e. The normalized spacial score (nSPS) is 27.6. The topological polar surface area (TPSA) is 114 Å². The Hall–Kier alpha value is -3.69. The summed E-state index contributed by atoms with van der Waals surface area (Å²) in [6.07, 6.45) is 2.61. The van der Waals surface area contributed by atoms with E-state index in [-0.39, 0.29) is 41.0 Å². The second-order valence-corrected chi connectivity index (χ2v) is 14.3. The highest BCUT2D eigenvalue weighted by molar-refractivity contribution is 8.45. The van der Waals surface area contributed by atoms with Gasteiger partial charge in [0.05, 0.1) is 30.6 Å². The molecule has 0 saturated heterocycles.